The van der Waals surface area contributed by atoms with Gasteiger partial charge in [-0.3, -0.25) is 4.98 Å². The molecule has 0 aliphatic heterocycles. The summed E-state index contributed by atoms with van der Waals surface area (Å²) in [5, 5.41) is 12.2. The molecular weight excluding hydrogens is 219 g/mol. The number of pyridine rings is 1. The van der Waals surface area contributed by atoms with Crippen LogP contribution in [0.2, 0.25) is 0 Å². The minimum absolute atomic E-state index is 0.316. The third-order valence-electron chi connectivity index (χ3n) is 2.37. The van der Waals surface area contributed by atoms with Gasteiger partial charge in [-0.1, -0.05) is 23.4 Å². The van der Waals surface area contributed by atoms with Crippen molar-refractivity contribution >= 4 is 5.71 Å². The smallest absolute Gasteiger partial charge is 0.123 e. The van der Waals surface area contributed by atoms with Gasteiger partial charge in [-0.2, -0.15) is 0 Å². The number of rotatable bonds is 3. The van der Waals surface area contributed by atoms with Crippen molar-refractivity contribution in [3.8, 4) is 0 Å². The second-order valence-electron chi connectivity index (χ2n) is 3.55. The van der Waals surface area contributed by atoms with Crippen molar-refractivity contribution in [1.29, 1.82) is 0 Å². The molecule has 0 spiro atoms. The van der Waals surface area contributed by atoms with E-state index in [1.165, 1.54) is 12.1 Å². The second-order valence-corrected chi connectivity index (χ2v) is 3.55. The summed E-state index contributed by atoms with van der Waals surface area (Å²) in [4.78, 5) is 4.14. The molecule has 1 heterocycles. The minimum atomic E-state index is -0.316. The molecule has 2 aromatic rings. The van der Waals surface area contributed by atoms with Crippen LogP contribution in [0.3, 0.4) is 0 Å². The molecule has 1 N–H and O–H groups in total. The number of oxime groups is 1. The summed E-state index contributed by atoms with van der Waals surface area (Å²) < 4.78 is 12.8. The molecule has 0 amide bonds. The maximum absolute atomic E-state index is 12.8. The van der Waals surface area contributed by atoms with Gasteiger partial charge in [-0.05, 0) is 29.8 Å². The van der Waals surface area contributed by atoms with Gasteiger partial charge in [0.15, 0.2) is 0 Å². The largest absolute Gasteiger partial charge is 0.411 e. The lowest BCUT2D eigenvalue weighted by Crippen LogP contribution is -2.06. The third kappa shape index (κ3) is 2.87. The Morgan fingerprint density at radius 2 is 1.94 bits per heavy atom. The molecule has 2 rings (SSSR count). The van der Waals surface area contributed by atoms with E-state index < -0.39 is 0 Å². The number of benzene rings is 1. The molecular formula is C13H11FN2O. The average Bonchev–Trinajstić information content (AvgIpc) is 2.38. The first-order chi connectivity index (χ1) is 8.29. The summed E-state index contributed by atoms with van der Waals surface area (Å²) in [5.74, 6) is -0.316. The Morgan fingerprint density at radius 3 is 2.53 bits per heavy atom. The first-order valence-electron chi connectivity index (χ1n) is 5.16. The number of halogens is 1. The molecule has 0 atom stereocenters. The molecule has 0 aliphatic carbocycles. The molecule has 0 radical (unpaired) electrons. The SMILES string of the molecule is ON=C(Cc1ccccn1)c1ccc(F)cc1. The Kier molecular flexibility index (Phi) is 3.45. The molecule has 0 saturated heterocycles. The van der Waals surface area contributed by atoms with E-state index in [0.717, 1.165) is 5.69 Å². The Bertz CT molecular complexity index is 509. The zero-order valence-corrected chi connectivity index (χ0v) is 9.05. The summed E-state index contributed by atoms with van der Waals surface area (Å²) >= 11 is 0. The standard InChI is InChI=1S/C13H11FN2O/c14-11-6-4-10(5-7-11)13(16-17)9-12-3-1-2-8-15-12/h1-8,17H,9H2. The minimum Gasteiger partial charge on any atom is -0.411 e. The molecule has 1 aromatic heterocycles. The zero-order valence-electron chi connectivity index (χ0n) is 9.05. The highest BCUT2D eigenvalue weighted by atomic mass is 19.1. The predicted octanol–water partition coefficient (Wildman–Crippen LogP) is 2.64. The normalized spacial score (nSPS) is 11.5. The van der Waals surface area contributed by atoms with Gasteiger partial charge in [0.25, 0.3) is 0 Å². The van der Waals surface area contributed by atoms with E-state index in [1.807, 2.05) is 18.2 Å². The molecule has 0 bridgehead atoms. The molecule has 0 saturated carbocycles. The Labute approximate surface area is 98.2 Å². The van der Waals surface area contributed by atoms with E-state index in [9.17, 15) is 4.39 Å². The summed E-state index contributed by atoms with van der Waals surface area (Å²) in [6.45, 7) is 0. The number of hydrogen-bond donors (Lipinski definition) is 1. The summed E-state index contributed by atoms with van der Waals surface area (Å²) in [5.41, 5.74) is 1.94. The van der Waals surface area contributed by atoms with E-state index in [1.54, 1.807) is 18.3 Å². The molecule has 0 aliphatic rings. The van der Waals surface area contributed by atoms with Crippen LogP contribution in [0, 0.1) is 5.82 Å². The number of aromatic nitrogens is 1. The fourth-order valence-electron chi connectivity index (χ4n) is 1.51. The van der Waals surface area contributed by atoms with Crippen molar-refractivity contribution in [1.82, 2.24) is 4.98 Å². The van der Waals surface area contributed by atoms with Crippen LogP contribution in [0.1, 0.15) is 11.3 Å². The molecule has 0 unspecified atom stereocenters. The Morgan fingerprint density at radius 1 is 1.18 bits per heavy atom. The van der Waals surface area contributed by atoms with Crippen LogP contribution in [-0.4, -0.2) is 15.9 Å². The molecule has 4 heteroatoms. The van der Waals surface area contributed by atoms with Crippen molar-refractivity contribution in [2.75, 3.05) is 0 Å². The lowest BCUT2D eigenvalue weighted by molar-refractivity contribution is 0.318. The highest BCUT2D eigenvalue weighted by Gasteiger charge is 2.06. The van der Waals surface area contributed by atoms with Crippen LogP contribution < -0.4 is 0 Å². The summed E-state index contributed by atoms with van der Waals surface area (Å²) in [7, 11) is 0. The monoisotopic (exact) mass is 230 g/mol. The van der Waals surface area contributed by atoms with Gasteiger partial charge in [0, 0.05) is 18.3 Å². The highest BCUT2D eigenvalue weighted by Crippen LogP contribution is 2.08. The van der Waals surface area contributed by atoms with Crippen LogP contribution in [0.5, 0.6) is 0 Å². The van der Waals surface area contributed by atoms with Gasteiger partial charge in [-0.15, -0.1) is 0 Å². The topological polar surface area (TPSA) is 45.5 Å². The Hall–Kier alpha value is -2.23. The average molecular weight is 230 g/mol. The first kappa shape index (κ1) is 11.3. The fraction of sp³-hybridized carbons (Fsp3) is 0.0769. The van der Waals surface area contributed by atoms with Crippen molar-refractivity contribution in [3.63, 3.8) is 0 Å². The van der Waals surface area contributed by atoms with Gasteiger partial charge >= 0.3 is 0 Å². The molecule has 0 fully saturated rings. The van der Waals surface area contributed by atoms with Crippen LogP contribution in [0.25, 0.3) is 0 Å². The van der Waals surface area contributed by atoms with Gasteiger partial charge < -0.3 is 5.21 Å². The van der Waals surface area contributed by atoms with Gasteiger partial charge in [0.2, 0.25) is 0 Å². The summed E-state index contributed by atoms with van der Waals surface area (Å²) in [6, 6.07) is 11.3. The van der Waals surface area contributed by atoms with E-state index in [0.29, 0.717) is 17.7 Å². The van der Waals surface area contributed by atoms with Gasteiger partial charge in [0.1, 0.15) is 5.82 Å². The van der Waals surface area contributed by atoms with Crippen LogP contribution in [-0.2, 0) is 6.42 Å². The Balaban J connectivity index is 2.21. The molecule has 86 valence electrons. The van der Waals surface area contributed by atoms with Crippen molar-refractivity contribution in [2.45, 2.75) is 6.42 Å². The fourth-order valence-corrected chi connectivity index (χ4v) is 1.51. The molecule has 17 heavy (non-hydrogen) atoms. The van der Waals surface area contributed by atoms with Crippen molar-refractivity contribution in [3.05, 3.63) is 65.7 Å². The van der Waals surface area contributed by atoms with Gasteiger partial charge in [-0.25, -0.2) is 4.39 Å². The molecule has 1 aromatic carbocycles. The van der Waals surface area contributed by atoms with E-state index in [4.69, 9.17) is 5.21 Å². The quantitative estimate of drug-likeness (QED) is 0.500. The maximum Gasteiger partial charge on any atom is 0.123 e. The second kappa shape index (κ2) is 5.21. The number of hydrogen-bond acceptors (Lipinski definition) is 3. The van der Waals surface area contributed by atoms with E-state index >= 15 is 0 Å². The van der Waals surface area contributed by atoms with Crippen LogP contribution in [0.4, 0.5) is 4.39 Å². The van der Waals surface area contributed by atoms with Gasteiger partial charge in [0.05, 0.1) is 5.71 Å². The maximum atomic E-state index is 12.8. The lowest BCUT2D eigenvalue weighted by atomic mass is 10.1. The highest BCUT2D eigenvalue weighted by molar-refractivity contribution is 6.01. The zero-order chi connectivity index (χ0) is 12.1. The molecule has 3 nitrogen and oxygen atoms in total. The van der Waals surface area contributed by atoms with Crippen LogP contribution >= 0.6 is 0 Å². The first-order valence-corrected chi connectivity index (χ1v) is 5.16. The van der Waals surface area contributed by atoms with Crippen molar-refractivity contribution < 1.29 is 9.60 Å². The predicted molar refractivity (Wildman–Crippen MR) is 62.7 cm³/mol. The lowest BCUT2D eigenvalue weighted by Gasteiger charge is -2.04. The van der Waals surface area contributed by atoms with E-state index in [-0.39, 0.29) is 5.82 Å². The summed E-state index contributed by atoms with van der Waals surface area (Å²) in [6.07, 6.45) is 2.08. The van der Waals surface area contributed by atoms with Crippen LogP contribution in [0.15, 0.2) is 53.8 Å². The number of nitrogens with zero attached hydrogens (tertiary/aromatic N) is 2. The third-order valence-corrected chi connectivity index (χ3v) is 2.37. The van der Waals surface area contributed by atoms with E-state index in [2.05, 4.69) is 10.1 Å². The van der Waals surface area contributed by atoms with Crippen molar-refractivity contribution in [2.24, 2.45) is 5.16 Å².